The average Bonchev–Trinajstić information content (AvgIpc) is 3.32. The van der Waals surface area contributed by atoms with Crippen molar-refractivity contribution in [2.45, 2.75) is 12.8 Å². The summed E-state index contributed by atoms with van der Waals surface area (Å²) in [6.07, 6.45) is 2.07. The van der Waals surface area contributed by atoms with Crippen LogP contribution in [-0.2, 0) is 9.59 Å². The van der Waals surface area contributed by atoms with E-state index in [9.17, 15) is 24.8 Å². The maximum Gasteiger partial charge on any atom is 0.308 e. The second kappa shape index (κ2) is 6.70. The van der Waals surface area contributed by atoms with Crippen molar-refractivity contribution >= 4 is 23.3 Å². The molecule has 1 N–H and O–H groups in total. The molecule has 3 rings (SSSR count). The van der Waals surface area contributed by atoms with Crippen molar-refractivity contribution in [3.05, 3.63) is 34.4 Å². The molecule has 1 saturated carbocycles. The van der Waals surface area contributed by atoms with Gasteiger partial charge >= 0.3 is 5.97 Å². The second-order valence-electron chi connectivity index (χ2n) is 6.85. The Bertz CT molecular complexity index is 703. The van der Waals surface area contributed by atoms with Gasteiger partial charge in [-0.2, -0.15) is 0 Å². The minimum absolute atomic E-state index is 0.0193. The SMILES string of the molecule is CN(CC(=O)N1C[C@H](C(=O)O)[C@@H](C2CC2)C1)c1ccccc1[N+](=O)[O-]. The van der Waals surface area contributed by atoms with Crippen molar-refractivity contribution in [2.75, 3.05) is 31.6 Å². The number of anilines is 1. The van der Waals surface area contributed by atoms with Crippen LogP contribution in [0.2, 0.25) is 0 Å². The van der Waals surface area contributed by atoms with Crippen LogP contribution in [-0.4, -0.2) is 53.5 Å². The van der Waals surface area contributed by atoms with Gasteiger partial charge in [0.15, 0.2) is 0 Å². The van der Waals surface area contributed by atoms with Gasteiger partial charge < -0.3 is 14.9 Å². The van der Waals surface area contributed by atoms with Gasteiger partial charge in [-0.1, -0.05) is 12.1 Å². The number of nitro benzene ring substituents is 1. The fourth-order valence-electron chi connectivity index (χ4n) is 3.63. The summed E-state index contributed by atoms with van der Waals surface area (Å²) in [6.45, 7) is 0.666. The second-order valence-corrected chi connectivity index (χ2v) is 6.85. The number of nitro groups is 1. The number of nitrogens with zero attached hydrogens (tertiary/aromatic N) is 3. The third kappa shape index (κ3) is 3.57. The third-order valence-corrected chi connectivity index (χ3v) is 5.12. The summed E-state index contributed by atoms with van der Waals surface area (Å²) in [5.41, 5.74) is 0.312. The molecule has 0 unspecified atom stereocenters. The molecular formula is C17H21N3O5. The topological polar surface area (TPSA) is 104 Å². The number of likely N-dealkylation sites (N-methyl/N-ethyl adjacent to an activating group) is 1. The Kier molecular flexibility index (Phi) is 4.61. The molecule has 1 aromatic rings. The maximum atomic E-state index is 12.6. The van der Waals surface area contributed by atoms with E-state index in [-0.39, 0.29) is 30.6 Å². The first-order chi connectivity index (χ1) is 11.9. The molecule has 0 aromatic heterocycles. The molecule has 134 valence electrons. The molecule has 2 fully saturated rings. The van der Waals surface area contributed by atoms with E-state index in [4.69, 9.17) is 0 Å². The zero-order chi connectivity index (χ0) is 18.1. The molecule has 0 bridgehead atoms. The molecule has 1 amide bonds. The number of para-hydroxylation sites is 2. The number of carboxylic acids is 1. The fourth-order valence-corrected chi connectivity index (χ4v) is 3.63. The van der Waals surface area contributed by atoms with E-state index in [1.165, 1.54) is 6.07 Å². The molecule has 25 heavy (non-hydrogen) atoms. The van der Waals surface area contributed by atoms with Crippen molar-refractivity contribution < 1.29 is 19.6 Å². The maximum absolute atomic E-state index is 12.6. The summed E-state index contributed by atoms with van der Waals surface area (Å²) in [4.78, 5) is 37.8. The lowest BCUT2D eigenvalue weighted by atomic mass is 9.92. The summed E-state index contributed by atoms with van der Waals surface area (Å²) < 4.78 is 0. The van der Waals surface area contributed by atoms with Crippen LogP contribution in [0.1, 0.15) is 12.8 Å². The van der Waals surface area contributed by atoms with Crippen molar-refractivity contribution in [3.63, 3.8) is 0 Å². The minimum Gasteiger partial charge on any atom is -0.481 e. The molecule has 8 nitrogen and oxygen atoms in total. The monoisotopic (exact) mass is 347 g/mol. The Balaban J connectivity index is 1.68. The van der Waals surface area contributed by atoms with E-state index in [1.807, 2.05) is 0 Å². The van der Waals surface area contributed by atoms with Gasteiger partial charge in [-0.15, -0.1) is 0 Å². The molecule has 2 aliphatic rings. The van der Waals surface area contributed by atoms with Gasteiger partial charge in [0.1, 0.15) is 5.69 Å². The number of carboxylic acid groups (broad SMARTS) is 1. The smallest absolute Gasteiger partial charge is 0.308 e. The van der Waals surface area contributed by atoms with E-state index >= 15 is 0 Å². The van der Waals surface area contributed by atoms with E-state index < -0.39 is 16.8 Å². The number of likely N-dealkylation sites (tertiary alicyclic amines) is 1. The van der Waals surface area contributed by atoms with Crippen molar-refractivity contribution in [1.82, 2.24) is 4.90 Å². The van der Waals surface area contributed by atoms with Gasteiger partial charge in [0.25, 0.3) is 5.69 Å². The van der Waals surface area contributed by atoms with E-state index in [2.05, 4.69) is 0 Å². The van der Waals surface area contributed by atoms with Crippen LogP contribution < -0.4 is 4.90 Å². The third-order valence-electron chi connectivity index (χ3n) is 5.12. The lowest BCUT2D eigenvalue weighted by Crippen LogP contribution is -2.38. The van der Waals surface area contributed by atoms with Crippen LogP contribution >= 0.6 is 0 Å². The van der Waals surface area contributed by atoms with Crippen molar-refractivity contribution in [1.29, 1.82) is 0 Å². The summed E-state index contributed by atoms with van der Waals surface area (Å²) in [5.74, 6) is -1.12. The lowest BCUT2D eigenvalue weighted by molar-refractivity contribution is -0.384. The molecule has 8 heteroatoms. The molecule has 1 aliphatic heterocycles. The van der Waals surface area contributed by atoms with Gasteiger partial charge in [0, 0.05) is 26.2 Å². The van der Waals surface area contributed by atoms with Crippen LogP contribution in [0.15, 0.2) is 24.3 Å². The van der Waals surface area contributed by atoms with Crippen LogP contribution in [0.5, 0.6) is 0 Å². The van der Waals surface area contributed by atoms with Gasteiger partial charge in [-0.05, 0) is 30.7 Å². The average molecular weight is 347 g/mol. The zero-order valence-corrected chi connectivity index (χ0v) is 14.0. The van der Waals surface area contributed by atoms with Crippen molar-refractivity contribution in [3.8, 4) is 0 Å². The number of hydrogen-bond acceptors (Lipinski definition) is 5. The normalized spacial score (nSPS) is 22.7. The summed E-state index contributed by atoms with van der Waals surface area (Å²) in [6, 6.07) is 6.26. The Hall–Kier alpha value is -2.64. The van der Waals surface area contributed by atoms with Crippen LogP contribution in [0.4, 0.5) is 11.4 Å². The number of amides is 1. The Labute approximate surface area is 145 Å². The number of aliphatic carboxylic acids is 1. The van der Waals surface area contributed by atoms with Crippen LogP contribution in [0, 0.1) is 27.9 Å². The number of carbonyl (C=O) groups is 2. The Morgan fingerprint density at radius 2 is 2.00 bits per heavy atom. The van der Waals surface area contributed by atoms with Gasteiger partial charge in [0.2, 0.25) is 5.91 Å². The first kappa shape index (κ1) is 17.2. The van der Waals surface area contributed by atoms with E-state index in [0.717, 1.165) is 12.8 Å². The predicted molar refractivity (Wildman–Crippen MR) is 90.3 cm³/mol. The van der Waals surface area contributed by atoms with E-state index in [1.54, 1.807) is 35.0 Å². The van der Waals surface area contributed by atoms with Crippen LogP contribution in [0.3, 0.4) is 0 Å². The fraction of sp³-hybridized carbons (Fsp3) is 0.529. The molecule has 0 spiro atoms. The van der Waals surface area contributed by atoms with Gasteiger partial charge in [-0.3, -0.25) is 19.7 Å². The standard InChI is InChI=1S/C17H21N3O5/c1-18(14-4-2-3-5-15(14)20(24)25)10-16(21)19-8-12(11-6-7-11)13(9-19)17(22)23/h2-5,11-13H,6-10H2,1H3,(H,22,23)/t12-,13+/m1/s1. The molecule has 2 atom stereocenters. The number of benzene rings is 1. The highest BCUT2D eigenvalue weighted by Gasteiger charge is 2.46. The van der Waals surface area contributed by atoms with Gasteiger partial charge in [-0.25, -0.2) is 0 Å². The molecule has 1 saturated heterocycles. The number of carbonyl (C=O) groups excluding carboxylic acids is 1. The first-order valence-corrected chi connectivity index (χ1v) is 8.33. The highest BCUT2D eigenvalue weighted by molar-refractivity contribution is 5.84. The van der Waals surface area contributed by atoms with Crippen LogP contribution in [0.25, 0.3) is 0 Å². The summed E-state index contributed by atoms with van der Waals surface area (Å²) in [7, 11) is 1.63. The predicted octanol–water partition coefficient (Wildman–Crippen LogP) is 1.60. The summed E-state index contributed by atoms with van der Waals surface area (Å²) in [5, 5.41) is 20.5. The lowest BCUT2D eigenvalue weighted by Gasteiger charge is -2.23. The summed E-state index contributed by atoms with van der Waals surface area (Å²) >= 11 is 0. The first-order valence-electron chi connectivity index (χ1n) is 8.33. The van der Waals surface area contributed by atoms with Gasteiger partial charge in [0.05, 0.1) is 17.4 Å². The molecule has 0 radical (unpaired) electrons. The van der Waals surface area contributed by atoms with E-state index in [0.29, 0.717) is 18.2 Å². The molecule has 1 aromatic carbocycles. The highest BCUT2D eigenvalue weighted by Crippen LogP contribution is 2.44. The Morgan fingerprint density at radius 3 is 2.60 bits per heavy atom. The number of hydrogen-bond donors (Lipinski definition) is 1. The minimum atomic E-state index is -0.848. The molecule has 1 heterocycles. The molecule has 1 aliphatic carbocycles. The largest absolute Gasteiger partial charge is 0.481 e. The number of rotatable bonds is 6. The van der Waals surface area contributed by atoms with Crippen molar-refractivity contribution in [2.24, 2.45) is 17.8 Å². The Morgan fingerprint density at radius 1 is 1.32 bits per heavy atom. The highest BCUT2D eigenvalue weighted by atomic mass is 16.6. The quantitative estimate of drug-likeness (QED) is 0.619. The zero-order valence-electron chi connectivity index (χ0n) is 14.0. The molecular weight excluding hydrogens is 326 g/mol.